The Labute approximate surface area is 191 Å². The number of carbonyl (C=O) groups is 2. The molecule has 0 aromatic heterocycles. The average molecular weight is 456 g/mol. The maximum atomic E-state index is 14.6. The molecule has 6 nitrogen and oxygen atoms in total. The molecule has 0 spiro atoms. The maximum absolute atomic E-state index is 14.6. The van der Waals surface area contributed by atoms with Gasteiger partial charge in [0.05, 0.1) is 30.8 Å². The monoisotopic (exact) mass is 455 g/mol. The van der Waals surface area contributed by atoms with Crippen LogP contribution in [0.15, 0.2) is 53.6 Å². The number of hydrazone groups is 1. The van der Waals surface area contributed by atoms with Crippen molar-refractivity contribution in [2.75, 3.05) is 26.2 Å². The van der Waals surface area contributed by atoms with Crippen LogP contribution in [0.4, 0.5) is 8.78 Å². The zero-order valence-corrected chi connectivity index (χ0v) is 18.5. The van der Waals surface area contributed by atoms with Crippen LogP contribution in [0.3, 0.4) is 0 Å². The van der Waals surface area contributed by atoms with Crippen LogP contribution in [-0.2, 0) is 14.3 Å². The minimum atomic E-state index is -0.593. The first-order valence-electron chi connectivity index (χ1n) is 11.2. The van der Waals surface area contributed by atoms with Gasteiger partial charge in [-0.3, -0.25) is 14.5 Å². The van der Waals surface area contributed by atoms with E-state index in [0.717, 1.165) is 12.8 Å². The van der Waals surface area contributed by atoms with Gasteiger partial charge in [0.1, 0.15) is 11.6 Å². The summed E-state index contributed by atoms with van der Waals surface area (Å²) in [6.07, 6.45) is 1.85. The quantitative estimate of drug-likeness (QED) is 0.620. The van der Waals surface area contributed by atoms with Crippen molar-refractivity contribution >= 4 is 17.6 Å². The first-order valence-corrected chi connectivity index (χ1v) is 11.2. The molecule has 4 rings (SSSR count). The third-order valence-electron chi connectivity index (χ3n) is 6.09. The molecule has 1 amide bonds. The van der Waals surface area contributed by atoms with Crippen molar-refractivity contribution in [3.8, 4) is 0 Å². The average Bonchev–Trinajstić information content (AvgIpc) is 3.25. The summed E-state index contributed by atoms with van der Waals surface area (Å²) in [6, 6.07) is 11.6. The fourth-order valence-electron chi connectivity index (χ4n) is 4.46. The van der Waals surface area contributed by atoms with Gasteiger partial charge in [0.15, 0.2) is 0 Å². The van der Waals surface area contributed by atoms with Gasteiger partial charge in [0.2, 0.25) is 0 Å². The largest absolute Gasteiger partial charge is 0.466 e. The van der Waals surface area contributed by atoms with E-state index >= 15 is 0 Å². The standard InChI is InChI=1S/C25H27F2N3O3/c1-2-33-25(32)18-6-5-13-29(15-18)16-24(31)30-23(20-7-3-4-8-21(20)27)14-22(28-30)17-9-11-19(26)12-10-17/h3-4,7-12,18,23H,2,5-6,13-16H2,1H3/t18-,23-/m0/s1. The van der Waals surface area contributed by atoms with E-state index in [0.29, 0.717) is 43.0 Å². The molecule has 0 radical (unpaired) electrons. The minimum absolute atomic E-state index is 0.0705. The normalized spacial score (nSPS) is 21.1. The number of carbonyl (C=O) groups excluding carboxylic acids is 2. The second-order valence-corrected chi connectivity index (χ2v) is 8.36. The molecule has 174 valence electrons. The Hall–Kier alpha value is -3.13. The molecule has 0 N–H and O–H groups in total. The fraction of sp³-hybridized carbons (Fsp3) is 0.400. The molecule has 2 aliphatic heterocycles. The van der Waals surface area contributed by atoms with Crippen LogP contribution in [0.5, 0.6) is 0 Å². The summed E-state index contributed by atoms with van der Waals surface area (Å²) < 4.78 is 33.2. The molecule has 0 unspecified atom stereocenters. The summed E-state index contributed by atoms with van der Waals surface area (Å²) in [5, 5.41) is 5.87. The van der Waals surface area contributed by atoms with Crippen molar-refractivity contribution in [2.45, 2.75) is 32.2 Å². The number of hydrogen-bond donors (Lipinski definition) is 0. The molecular formula is C25H27F2N3O3. The topological polar surface area (TPSA) is 62.2 Å². The number of likely N-dealkylation sites (tertiary alicyclic amines) is 1. The highest BCUT2D eigenvalue weighted by molar-refractivity contribution is 6.03. The van der Waals surface area contributed by atoms with Crippen molar-refractivity contribution in [1.29, 1.82) is 0 Å². The Bertz CT molecular complexity index is 1040. The summed E-state index contributed by atoms with van der Waals surface area (Å²) in [7, 11) is 0. The Morgan fingerprint density at radius 3 is 2.61 bits per heavy atom. The second-order valence-electron chi connectivity index (χ2n) is 8.36. The van der Waals surface area contributed by atoms with E-state index in [-0.39, 0.29) is 30.2 Å². The van der Waals surface area contributed by atoms with E-state index < -0.39 is 11.9 Å². The Balaban J connectivity index is 1.55. The third kappa shape index (κ3) is 5.27. The molecule has 0 aliphatic carbocycles. The van der Waals surface area contributed by atoms with E-state index in [1.54, 1.807) is 37.3 Å². The van der Waals surface area contributed by atoms with Crippen LogP contribution in [-0.4, -0.2) is 53.7 Å². The van der Waals surface area contributed by atoms with E-state index in [9.17, 15) is 18.4 Å². The summed E-state index contributed by atoms with van der Waals surface area (Å²) in [4.78, 5) is 27.4. The Morgan fingerprint density at radius 1 is 1.12 bits per heavy atom. The van der Waals surface area contributed by atoms with E-state index in [1.165, 1.54) is 23.2 Å². The number of amides is 1. The van der Waals surface area contributed by atoms with Crippen molar-refractivity contribution < 1.29 is 23.1 Å². The highest BCUT2D eigenvalue weighted by atomic mass is 19.1. The van der Waals surface area contributed by atoms with Crippen LogP contribution in [0.1, 0.15) is 43.4 Å². The summed E-state index contributed by atoms with van der Waals surface area (Å²) in [6.45, 7) is 3.30. The summed E-state index contributed by atoms with van der Waals surface area (Å²) in [5.74, 6) is -1.54. The van der Waals surface area contributed by atoms with Crippen molar-refractivity contribution in [1.82, 2.24) is 9.91 Å². The van der Waals surface area contributed by atoms with Crippen molar-refractivity contribution in [2.24, 2.45) is 11.0 Å². The highest BCUT2D eigenvalue weighted by Gasteiger charge is 2.36. The van der Waals surface area contributed by atoms with Gasteiger partial charge in [-0.15, -0.1) is 0 Å². The molecule has 1 fully saturated rings. The number of piperidine rings is 1. The van der Waals surface area contributed by atoms with Gasteiger partial charge in [0, 0.05) is 18.5 Å². The summed E-state index contributed by atoms with van der Waals surface area (Å²) in [5.41, 5.74) is 1.67. The van der Waals surface area contributed by atoms with Gasteiger partial charge in [-0.05, 0) is 50.1 Å². The van der Waals surface area contributed by atoms with Crippen LogP contribution in [0, 0.1) is 17.6 Å². The number of hydrogen-bond acceptors (Lipinski definition) is 5. The van der Waals surface area contributed by atoms with Gasteiger partial charge in [-0.25, -0.2) is 13.8 Å². The van der Waals surface area contributed by atoms with E-state index in [4.69, 9.17) is 4.74 Å². The second kappa shape index (κ2) is 10.2. The Kier molecular flexibility index (Phi) is 7.13. The van der Waals surface area contributed by atoms with Gasteiger partial charge >= 0.3 is 5.97 Å². The number of rotatable bonds is 6. The smallest absolute Gasteiger partial charge is 0.310 e. The van der Waals surface area contributed by atoms with E-state index in [2.05, 4.69) is 5.10 Å². The predicted molar refractivity (Wildman–Crippen MR) is 119 cm³/mol. The number of esters is 1. The number of benzene rings is 2. The lowest BCUT2D eigenvalue weighted by molar-refractivity contribution is -0.150. The SMILES string of the molecule is CCOC(=O)[C@H]1CCCN(CC(=O)N2N=C(c3ccc(F)cc3)C[C@H]2c2ccccc2F)C1. The lowest BCUT2D eigenvalue weighted by Crippen LogP contribution is -2.45. The molecule has 2 aromatic carbocycles. The van der Waals surface area contributed by atoms with Gasteiger partial charge in [-0.1, -0.05) is 30.3 Å². The fourth-order valence-corrected chi connectivity index (χ4v) is 4.46. The van der Waals surface area contributed by atoms with Crippen LogP contribution in [0.2, 0.25) is 0 Å². The van der Waals surface area contributed by atoms with Gasteiger partial charge in [0.25, 0.3) is 5.91 Å². The molecule has 0 bridgehead atoms. The number of nitrogens with zero attached hydrogens (tertiary/aromatic N) is 3. The first kappa shape index (κ1) is 23.0. The molecule has 1 saturated heterocycles. The third-order valence-corrected chi connectivity index (χ3v) is 6.09. The molecule has 0 saturated carbocycles. The predicted octanol–water partition coefficient (Wildman–Crippen LogP) is 3.92. The number of halogens is 2. The molecule has 33 heavy (non-hydrogen) atoms. The first-order chi connectivity index (χ1) is 16.0. The molecular weight excluding hydrogens is 428 g/mol. The zero-order chi connectivity index (χ0) is 23.4. The zero-order valence-electron chi connectivity index (χ0n) is 18.5. The van der Waals surface area contributed by atoms with E-state index in [1.807, 2.05) is 4.90 Å². The van der Waals surface area contributed by atoms with Crippen molar-refractivity contribution in [3.05, 3.63) is 71.3 Å². The molecule has 2 atom stereocenters. The lowest BCUT2D eigenvalue weighted by Gasteiger charge is -2.32. The molecule has 8 heteroatoms. The van der Waals surface area contributed by atoms with Crippen LogP contribution < -0.4 is 0 Å². The minimum Gasteiger partial charge on any atom is -0.466 e. The van der Waals surface area contributed by atoms with Crippen LogP contribution in [0.25, 0.3) is 0 Å². The Morgan fingerprint density at radius 2 is 1.88 bits per heavy atom. The van der Waals surface area contributed by atoms with Gasteiger partial charge < -0.3 is 4.74 Å². The maximum Gasteiger partial charge on any atom is 0.310 e. The number of ether oxygens (including phenoxy) is 1. The summed E-state index contributed by atoms with van der Waals surface area (Å²) >= 11 is 0. The van der Waals surface area contributed by atoms with Crippen LogP contribution >= 0.6 is 0 Å². The molecule has 2 heterocycles. The van der Waals surface area contributed by atoms with Gasteiger partial charge in [-0.2, -0.15) is 5.10 Å². The lowest BCUT2D eigenvalue weighted by atomic mass is 9.97. The van der Waals surface area contributed by atoms with Crippen molar-refractivity contribution in [3.63, 3.8) is 0 Å². The molecule has 2 aromatic rings. The molecule has 2 aliphatic rings. The highest BCUT2D eigenvalue weighted by Crippen LogP contribution is 2.34.